The van der Waals surface area contributed by atoms with Crippen molar-refractivity contribution >= 4 is 12.5 Å². The molecule has 3 nitrogen and oxygen atoms in total. The summed E-state index contributed by atoms with van der Waals surface area (Å²) in [7, 11) is 0. The Labute approximate surface area is 121 Å². The van der Waals surface area contributed by atoms with E-state index in [9.17, 15) is 9.90 Å². The second-order valence-corrected chi connectivity index (χ2v) is 6.97. The first kappa shape index (κ1) is 16.4. The molecule has 3 heteroatoms. The second kappa shape index (κ2) is 5.78. The summed E-state index contributed by atoms with van der Waals surface area (Å²) in [5.41, 5.74) is 1.86. The van der Waals surface area contributed by atoms with Crippen LogP contribution in [0.5, 0.6) is 5.75 Å². The number of phenols is 1. The molecular formula is C17H25NO2. The van der Waals surface area contributed by atoms with E-state index in [0.29, 0.717) is 12.2 Å². The van der Waals surface area contributed by atoms with Crippen LogP contribution in [-0.4, -0.2) is 23.1 Å². The number of phenolic OH excluding ortho intramolecular Hbond substituents is 1. The first-order chi connectivity index (χ1) is 9.06. The summed E-state index contributed by atoms with van der Waals surface area (Å²) in [6.45, 7) is 11.8. The maximum absolute atomic E-state index is 11.4. The predicted molar refractivity (Wildman–Crippen MR) is 83.7 cm³/mol. The number of aliphatic imine (C=N–C) groups is 1. The van der Waals surface area contributed by atoms with Crippen molar-refractivity contribution in [2.24, 2.45) is 10.4 Å². The fraction of sp³-hybridized carbons (Fsp3) is 0.529. The minimum atomic E-state index is -0.710. The minimum Gasteiger partial charge on any atom is -0.507 e. The number of hydrogen-bond acceptors (Lipinski definition) is 3. The highest BCUT2D eigenvalue weighted by Gasteiger charge is 2.28. The van der Waals surface area contributed by atoms with Gasteiger partial charge >= 0.3 is 0 Å². The molecule has 0 amide bonds. The summed E-state index contributed by atoms with van der Waals surface area (Å²) in [6, 6.07) is 3.74. The van der Waals surface area contributed by atoms with E-state index < -0.39 is 5.54 Å². The van der Waals surface area contributed by atoms with Crippen LogP contribution in [0.2, 0.25) is 0 Å². The van der Waals surface area contributed by atoms with Crippen LogP contribution in [0.4, 0.5) is 0 Å². The summed E-state index contributed by atoms with van der Waals surface area (Å²) in [6.07, 6.45) is 3.32. The van der Waals surface area contributed by atoms with Gasteiger partial charge in [0.05, 0.1) is 0 Å². The highest BCUT2D eigenvalue weighted by molar-refractivity contribution is 5.83. The number of benzene rings is 1. The lowest BCUT2D eigenvalue weighted by atomic mass is 9.82. The molecule has 1 rings (SSSR count). The SMILES string of the molecule is Cc1cc(/C=N\C(C)(C=O)CC(C)(C)C)cc(C)c1O. The summed E-state index contributed by atoms with van der Waals surface area (Å²) in [4.78, 5) is 15.8. The molecule has 1 unspecified atom stereocenters. The number of carbonyl (C=O) groups excluding carboxylic acids is 1. The standard InChI is InChI=1S/C17H25NO2/c1-12-7-14(8-13(2)15(12)20)9-18-17(6,11-19)10-16(3,4)5/h7-9,11,20H,10H2,1-6H3/b18-9-. The first-order valence-electron chi connectivity index (χ1n) is 6.88. The average molecular weight is 275 g/mol. The Bertz CT molecular complexity index is 503. The maximum Gasteiger partial charge on any atom is 0.147 e. The van der Waals surface area contributed by atoms with Crippen LogP contribution in [0.3, 0.4) is 0 Å². The van der Waals surface area contributed by atoms with Gasteiger partial charge in [0.25, 0.3) is 0 Å². The van der Waals surface area contributed by atoms with Gasteiger partial charge in [-0.15, -0.1) is 0 Å². The second-order valence-electron chi connectivity index (χ2n) is 6.97. The zero-order valence-corrected chi connectivity index (χ0v) is 13.3. The maximum atomic E-state index is 11.4. The van der Waals surface area contributed by atoms with Crippen molar-refractivity contribution in [1.82, 2.24) is 0 Å². The molecule has 0 aliphatic rings. The molecule has 0 aromatic heterocycles. The van der Waals surface area contributed by atoms with Gasteiger partial charge < -0.3 is 9.90 Å². The van der Waals surface area contributed by atoms with Crippen LogP contribution in [0, 0.1) is 19.3 Å². The molecule has 0 heterocycles. The molecule has 1 aromatic rings. The van der Waals surface area contributed by atoms with Crippen molar-refractivity contribution in [1.29, 1.82) is 0 Å². The van der Waals surface area contributed by atoms with Crippen molar-refractivity contribution in [3.63, 3.8) is 0 Å². The molecule has 1 atom stereocenters. The molecule has 0 radical (unpaired) electrons. The van der Waals surface area contributed by atoms with E-state index in [1.807, 2.05) is 32.9 Å². The predicted octanol–water partition coefficient (Wildman–Crippen LogP) is 3.82. The van der Waals surface area contributed by atoms with Gasteiger partial charge in [0.1, 0.15) is 17.6 Å². The van der Waals surface area contributed by atoms with Crippen molar-refractivity contribution in [3.8, 4) is 5.75 Å². The molecule has 0 fully saturated rings. The third-order valence-corrected chi connectivity index (χ3v) is 3.16. The van der Waals surface area contributed by atoms with Crippen molar-refractivity contribution in [2.45, 2.75) is 53.5 Å². The van der Waals surface area contributed by atoms with Crippen molar-refractivity contribution < 1.29 is 9.90 Å². The molecule has 1 N–H and O–H groups in total. The Morgan fingerprint density at radius 2 is 1.65 bits per heavy atom. The number of aromatic hydroxyl groups is 1. The van der Waals surface area contributed by atoms with Gasteiger partial charge in [0.15, 0.2) is 0 Å². The van der Waals surface area contributed by atoms with Crippen LogP contribution < -0.4 is 0 Å². The quantitative estimate of drug-likeness (QED) is 0.670. The normalized spacial score (nSPS) is 15.3. The van der Waals surface area contributed by atoms with E-state index in [1.54, 1.807) is 6.21 Å². The molecular weight excluding hydrogens is 250 g/mol. The Kier molecular flexibility index (Phi) is 4.74. The molecule has 0 spiro atoms. The van der Waals surface area contributed by atoms with Crippen LogP contribution >= 0.6 is 0 Å². The zero-order chi connectivity index (χ0) is 15.6. The third kappa shape index (κ3) is 4.48. The van der Waals surface area contributed by atoms with E-state index in [-0.39, 0.29) is 5.41 Å². The summed E-state index contributed by atoms with van der Waals surface area (Å²) in [5.74, 6) is 0.315. The molecule has 20 heavy (non-hydrogen) atoms. The Morgan fingerprint density at radius 1 is 1.15 bits per heavy atom. The molecule has 1 aromatic carbocycles. The fourth-order valence-corrected chi connectivity index (χ4v) is 2.48. The monoisotopic (exact) mass is 275 g/mol. The number of aryl methyl sites for hydroxylation is 2. The van der Waals surface area contributed by atoms with Crippen LogP contribution in [-0.2, 0) is 4.79 Å². The van der Waals surface area contributed by atoms with Gasteiger partial charge in [-0.25, -0.2) is 0 Å². The van der Waals surface area contributed by atoms with Crippen molar-refractivity contribution in [2.75, 3.05) is 0 Å². The Morgan fingerprint density at radius 3 is 2.05 bits per heavy atom. The summed E-state index contributed by atoms with van der Waals surface area (Å²) >= 11 is 0. The molecule has 110 valence electrons. The van der Waals surface area contributed by atoms with Gasteiger partial charge in [-0.2, -0.15) is 0 Å². The largest absolute Gasteiger partial charge is 0.507 e. The topological polar surface area (TPSA) is 49.7 Å². The Hall–Kier alpha value is -1.64. The van der Waals surface area contributed by atoms with E-state index >= 15 is 0 Å². The highest BCUT2D eigenvalue weighted by Crippen LogP contribution is 2.29. The minimum absolute atomic E-state index is 0.0355. The number of carbonyl (C=O) groups is 1. The lowest BCUT2D eigenvalue weighted by Crippen LogP contribution is -2.30. The zero-order valence-electron chi connectivity index (χ0n) is 13.3. The van der Waals surface area contributed by atoms with E-state index in [2.05, 4.69) is 25.8 Å². The molecule has 0 saturated heterocycles. The van der Waals surface area contributed by atoms with Crippen molar-refractivity contribution in [3.05, 3.63) is 28.8 Å². The first-order valence-corrected chi connectivity index (χ1v) is 6.88. The van der Waals surface area contributed by atoms with Gasteiger partial charge in [-0.3, -0.25) is 4.99 Å². The van der Waals surface area contributed by atoms with E-state index in [4.69, 9.17) is 0 Å². The lowest BCUT2D eigenvalue weighted by Gasteiger charge is -2.27. The van der Waals surface area contributed by atoms with Crippen LogP contribution in [0.1, 0.15) is 50.8 Å². The molecule has 0 saturated carbocycles. The number of hydrogen-bond donors (Lipinski definition) is 1. The van der Waals surface area contributed by atoms with Gasteiger partial charge in [-0.1, -0.05) is 20.8 Å². The Balaban J connectivity index is 3.03. The number of aldehydes is 1. The average Bonchev–Trinajstić information content (AvgIpc) is 2.31. The van der Waals surface area contributed by atoms with Gasteiger partial charge in [-0.05, 0) is 61.4 Å². The molecule has 0 aliphatic heterocycles. The lowest BCUT2D eigenvalue weighted by molar-refractivity contribution is -0.112. The van der Waals surface area contributed by atoms with Gasteiger partial charge in [0.2, 0.25) is 0 Å². The van der Waals surface area contributed by atoms with E-state index in [0.717, 1.165) is 23.0 Å². The number of rotatable bonds is 4. The fourth-order valence-electron chi connectivity index (χ4n) is 2.48. The van der Waals surface area contributed by atoms with E-state index in [1.165, 1.54) is 0 Å². The molecule has 0 aliphatic carbocycles. The summed E-state index contributed by atoms with van der Waals surface area (Å²) in [5, 5.41) is 9.76. The highest BCUT2D eigenvalue weighted by atomic mass is 16.3. The van der Waals surface area contributed by atoms with Crippen LogP contribution in [0.15, 0.2) is 17.1 Å². The number of nitrogens with zero attached hydrogens (tertiary/aromatic N) is 1. The van der Waals surface area contributed by atoms with Gasteiger partial charge in [0, 0.05) is 6.21 Å². The summed E-state index contributed by atoms with van der Waals surface area (Å²) < 4.78 is 0. The smallest absolute Gasteiger partial charge is 0.147 e. The third-order valence-electron chi connectivity index (χ3n) is 3.16. The van der Waals surface area contributed by atoms with Crippen LogP contribution in [0.25, 0.3) is 0 Å². The molecule has 0 bridgehead atoms.